The van der Waals surface area contributed by atoms with Crippen LogP contribution in [0, 0.1) is 0 Å². The number of halogens is 2. The summed E-state index contributed by atoms with van der Waals surface area (Å²) in [5.41, 5.74) is -0.903. The van der Waals surface area contributed by atoms with Crippen LogP contribution in [0.25, 0.3) is 0 Å². The molecule has 24 heavy (non-hydrogen) atoms. The number of carbonyl (C=O) groups is 2. The van der Waals surface area contributed by atoms with Crippen molar-refractivity contribution in [2.45, 2.75) is 26.4 Å². The van der Waals surface area contributed by atoms with E-state index < -0.39 is 17.4 Å². The van der Waals surface area contributed by atoms with Crippen LogP contribution in [0.15, 0.2) is 36.7 Å². The minimum atomic E-state index is -1.02. The molecule has 1 aromatic carbocycles. The SMILES string of the molecule is CC(C)(C)OC(=O)C(=O)c1c(Cl)cncc1Oc1ccc(Cl)cc1. The third-order valence-corrected chi connectivity index (χ3v) is 3.26. The summed E-state index contributed by atoms with van der Waals surface area (Å²) >= 11 is 11.9. The summed E-state index contributed by atoms with van der Waals surface area (Å²) < 4.78 is 10.7. The van der Waals surface area contributed by atoms with Gasteiger partial charge < -0.3 is 9.47 Å². The maximum Gasteiger partial charge on any atom is 0.380 e. The molecule has 5 nitrogen and oxygen atoms in total. The zero-order valence-electron chi connectivity index (χ0n) is 13.3. The summed E-state index contributed by atoms with van der Waals surface area (Å²) in [6.07, 6.45) is 2.56. The summed E-state index contributed by atoms with van der Waals surface area (Å²) in [4.78, 5) is 28.3. The Kier molecular flexibility index (Phi) is 5.47. The zero-order chi connectivity index (χ0) is 17.9. The van der Waals surface area contributed by atoms with Crippen LogP contribution in [0.1, 0.15) is 31.1 Å². The van der Waals surface area contributed by atoms with Gasteiger partial charge in [0.25, 0.3) is 5.78 Å². The highest BCUT2D eigenvalue weighted by Gasteiger charge is 2.29. The zero-order valence-corrected chi connectivity index (χ0v) is 14.8. The van der Waals surface area contributed by atoms with Gasteiger partial charge in [0.1, 0.15) is 11.4 Å². The molecule has 0 atom stereocenters. The first-order chi connectivity index (χ1) is 11.2. The lowest BCUT2D eigenvalue weighted by atomic mass is 10.1. The molecule has 2 aromatic rings. The number of Topliss-reactive ketones (excluding diaryl/α,β-unsaturated/α-hetero) is 1. The van der Waals surface area contributed by atoms with E-state index in [-0.39, 0.29) is 16.3 Å². The molecular formula is C17H15Cl2NO4. The van der Waals surface area contributed by atoms with Crippen LogP contribution < -0.4 is 4.74 Å². The number of carbonyl (C=O) groups excluding carboxylic acids is 2. The first-order valence-corrected chi connectivity index (χ1v) is 7.77. The molecule has 0 radical (unpaired) electrons. The van der Waals surface area contributed by atoms with Gasteiger partial charge in [-0.1, -0.05) is 23.2 Å². The van der Waals surface area contributed by atoms with E-state index in [9.17, 15) is 9.59 Å². The number of hydrogen-bond donors (Lipinski definition) is 0. The predicted molar refractivity (Wildman–Crippen MR) is 90.9 cm³/mol. The van der Waals surface area contributed by atoms with Crippen molar-refractivity contribution >= 4 is 35.0 Å². The van der Waals surface area contributed by atoms with Gasteiger partial charge in [-0.2, -0.15) is 0 Å². The summed E-state index contributed by atoms with van der Waals surface area (Å²) in [5.74, 6) is -1.44. The Hall–Kier alpha value is -2.11. The Morgan fingerprint density at radius 2 is 1.67 bits per heavy atom. The quantitative estimate of drug-likeness (QED) is 0.444. The Morgan fingerprint density at radius 3 is 2.25 bits per heavy atom. The van der Waals surface area contributed by atoms with Crippen molar-refractivity contribution in [3.05, 3.63) is 52.3 Å². The largest absolute Gasteiger partial charge is 0.455 e. The second kappa shape index (κ2) is 7.20. The number of ketones is 1. The fraction of sp³-hybridized carbons (Fsp3) is 0.235. The number of rotatable bonds is 4. The van der Waals surface area contributed by atoms with Gasteiger partial charge in [-0.25, -0.2) is 4.79 Å². The van der Waals surface area contributed by atoms with Gasteiger partial charge >= 0.3 is 5.97 Å². The number of ether oxygens (including phenoxy) is 2. The Balaban J connectivity index is 2.34. The van der Waals surface area contributed by atoms with E-state index >= 15 is 0 Å². The molecule has 0 saturated heterocycles. The van der Waals surface area contributed by atoms with Crippen LogP contribution in [-0.2, 0) is 9.53 Å². The average Bonchev–Trinajstić information content (AvgIpc) is 2.47. The van der Waals surface area contributed by atoms with Crippen LogP contribution in [0.4, 0.5) is 0 Å². The number of nitrogens with zero attached hydrogens (tertiary/aromatic N) is 1. The molecular weight excluding hydrogens is 353 g/mol. The lowest BCUT2D eigenvalue weighted by molar-refractivity contribution is -0.148. The van der Waals surface area contributed by atoms with Gasteiger partial charge in [0.2, 0.25) is 0 Å². The molecule has 0 amide bonds. The van der Waals surface area contributed by atoms with E-state index in [1.165, 1.54) is 12.4 Å². The number of benzene rings is 1. The number of hydrogen-bond acceptors (Lipinski definition) is 5. The molecule has 0 unspecified atom stereocenters. The van der Waals surface area contributed by atoms with E-state index in [1.807, 2.05) is 0 Å². The molecule has 0 spiro atoms. The highest BCUT2D eigenvalue weighted by Crippen LogP contribution is 2.31. The van der Waals surface area contributed by atoms with E-state index in [4.69, 9.17) is 32.7 Å². The van der Waals surface area contributed by atoms with Crippen molar-refractivity contribution in [1.29, 1.82) is 0 Å². The van der Waals surface area contributed by atoms with Gasteiger partial charge in [0.05, 0.1) is 16.8 Å². The van der Waals surface area contributed by atoms with Crippen LogP contribution in [0.5, 0.6) is 11.5 Å². The van der Waals surface area contributed by atoms with Crippen molar-refractivity contribution < 1.29 is 19.1 Å². The first kappa shape index (κ1) is 18.2. The van der Waals surface area contributed by atoms with Gasteiger partial charge in [0.15, 0.2) is 5.75 Å². The van der Waals surface area contributed by atoms with Crippen molar-refractivity contribution in [3.8, 4) is 11.5 Å². The molecule has 0 bridgehead atoms. The first-order valence-electron chi connectivity index (χ1n) is 7.02. The topological polar surface area (TPSA) is 65.5 Å². The van der Waals surface area contributed by atoms with E-state index in [0.717, 1.165) is 0 Å². The van der Waals surface area contributed by atoms with Gasteiger partial charge in [0, 0.05) is 11.2 Å². The third-order valence-electron chi connectivity index (χ3n) is 2.72. The molecule has 0 aliphatic carbocycles. The van der Waals surface area contributed by atoms with Crippen LogP contribution in [0.3, 0.4) is 0 Å². The molecule has 1 heterocycles. The molecule has 0 saturated carbocycles. The molecule has 2 rings (SSSR count). The molecule has 0 fully saturated rings. The van der Waals surface area contributed by atoms with E-state index in [2.05, 4.69) is 4.98 Å². The monoisotopic (exact) mass is 367 g/mol. The average molecular weight is 368 g/mol. The van der Waals surface area contributed by atoms with Crippen molar-refractivity contribution in [3.63, 3.8) is 0 Å². The second-order valence-corrected chi connectivity index (χ2v) is 6.73. The lowest BCUT2D eigenvalue weighted by Gasteiger charge is -2.19. The van der Waals surface area contributed by atoms with Crippen molar-refractivity contribution in [2.24, 2.45) is 0 Å². The smallest absolute Gasteiger partial charge is 0.380 e. The van der Waals surface area contributed by atoms with Crippen molar-refractivity contribution in [2.75, 3.05) is 0 Å². The number of esters is 1. The Labute approximate surface area is 149 Å². The van der Waals surface area contributed by atoms with Crippen LogP contribution in [0.2, 0.25) is 10.0 Å². The molecule has 0 aliphatic rings. The number of pyridine rings is 1. The normalized spacial score (nSPS) is 11.0. The predicted octanol–water partition coefficient (Wildman–Crippen LogP) is 4.71. The molecule has 0 N–H and O–H groups in total. The second-order valence-electron chi connectivity index (χ2n) is 5.88. The van der Waals surface area contributed by atoms with Gasteiger partial charge in [-0.3, -0.25) is 9.78 Å². The Bertz CT molecular complexity index is 767. The van der Waals surface area contributed by atoms with Crippen LogP contribution in [-0.4, -0.2) is 22.3 Å². The summed E-state index contributed by atoms with van der Waals surface area (Å²) in [6, 6.07) is 6.49. The highest BCUT2D eigenvalue weighted by atomic mass is 35.5. The Morgan fingerprint density at radius 1 is 1.04 bits per heavy atom. The molecule has 1 aromatic heterocycles. The third kappa shape index (κ3) is 4.69. The van der Waals surface area contributed by atoms with Crippen LogP contribution >= 0.6 is 23.2 Å². The van der Waals surface area contributed by atoms with E-state index in [1.54, 1.807) is 45.0 Å². The molecule has 0 aliphatic heterocycles. The maximum absolute atomic E-state index is 12.4. The van der Waals surface area contributed by atoms with E-state index in [0.29, 0.717) is 10.8 Å². The van der Waals surface area contributed by atoms with Crippen molar-refractivity contribution in [1.82, 2.24) is 4.98 Å². The standard InChI is InChI=1S/C17H15Cl2NO4/c1-17(2,3)24-16(22)15(21)14-12(19)8-20-9-13(14)23-11-6-4-10(18)5-7-11/h4-9H,1-3H3. The number of aromatic nitrogens is 1. The summed E-state index contributed by atoms with van der Waals surface area (Å²) in [7, 11) is 0. The summed E-state index contributed by atoms with van der Waals surface area (Å²) in [5, 5.41) is 0.536. The minimum absolute atomic E-state index is 0.00248. The molecule has 7 heteroatoms. The minimum Gasteiger partial charge on any atom is -0.455 e. The fourth-order valence-electron chi connectivity index (χ4n) is 1.77. The van der Waals surface area contributed by atoms with Gasteiger partial charge in [-0.15, -0.1) is 0 Å². The highest BCUT2D eigenvalue weighted by molar-refractivity contribution is 6.46. The fourth-order valence-corrected chi connectivity index (χ4v) is 2.13. The molecule has 126 valence electrons. The maximum atomic E-state index is 12.4. The van der Waals surface area contributed by atoms with Gasteiger partial charge in [-0.05, 0) is 45.0 Å². The lowest BCUT2D eigenvalue weighted by Crippen LogP contribution is -2.29. The summed E-state index contributed by atoms with van der Waals surface area (Å²) in [6.45, 7) is 4.99.